The van der Waals surface area contributed by atoms with E-state index in [9.17, 15) is 0 Å². The molecular weight excluding hydrogens is 224 g/mol. The number of unbranched alkanes of at least 4 members (excludes halogenated alkanes) is 11. The second kappa shape index (κ2) is 16.9. The fourth-order valence-electron chi connectivity index (χ4n) is 2.23. The van der Waals surface area contributed by atoms with Gasteiger partial charge in [0.05, 0.1) is 0 Å². The van der Waals surface area contributed by atoms with Gasteiger partial charge in [-0.3, -0.25) is 0 Å². The van der Waals surface area contributed by atoms with E-state index in [1.807, 2.05) is 0 Å². The molecule has 0 radical (unpaired) electrons. The van der Waals surface area contributed by atoms with Crippen LogP contribution in [0.25, 0.3) is 0 Å². The monoisotopic (exact) mass is 258 g/mol. The van der Waals surface area contributed by atoms with Gasteiger partial charge >= 0.3 is 0 Å². The summed E-state index contributed by atoms with van der Waals surface area (Å²) in [5.41, 5.74) is 0. The Morgan fingerprint density at radius 3 is 1.39 bits per heavy atom. The van der Waals surface area contributed by atoms with E-state index < -0.39 is 0 Å². The summed E-state index contributed by atoms with van der Waals surface area (Å²) in [6.45, 7) is 4.23. The Bertz CT molecular complexity index is 121. The van der Waals surface area contributed by atoms with Crippen LogP contribution < -0.4 is 0 Å². The Hall–Kier alpha value is -0.0800. The standard InChI is InChI=1S/C16H34O2/c1-2-18-16-14-12-10-8-6-4-3-5-7-9-11-13-15-17/h17H,2-16H2,1H3. The second-order valence-electron chi connectivity index (χ2n) is 5.16. The van der Waals surface area contributed by atoms with Crippen LogP contribution in [0.2, 0.25) is 0 Å². The first-order valence-electron chi connectivity index (χ1n) is 8.10. The van der Waals surface area contributed by atoms with Gasteiger partial charge in [-0.25, -0.2) is 0 Å². The molecule has 0 rings (SSSR count). The number of rotatable bonds is 15. The zero-order valence-corrected chi connectivity index (χ0v) is 12.5. The van der Waals surface area contributed by atoms with Crippen LogP contribution >= 0.6 is 0 Å². The average Bonchev–Trinajstić information content (AvgIpc) is 2.39. The molecule has 0 aliphatic rings. The predicted molar refractivity (Wildman–Crippen MR) is 79.0 cm³/mol. The van der Waals surface area contributed by atoms with Crippen LogP contribution in [0.1, 0.15) is 84.0 Å². The molecule has 18 heavy (non-hydrogen) atoms. The third-order valence-electron chi connectivity index (χ3n) is 3.40. The van der Waals surface area contributed by atoms with Crippen molar-refractivity contribution in [2.75, 3.05) is 19.8 Å². The highest BCUT2D eigenvalue weighted by molar-refractivity contribution is 4.48. The fourth-order valence-corrected chi connectivity index (χ4v) is 2.23. The Morgan fingerprint density at radius 2 is 1.00 bits per heavy atom. The Labute approximate surface area is 114 Å². The molecule has 110 valence electrons. The summed E-state index contributed by atoms with van der Waals surface area (Å²) in [7, 11) is 0. The molecule has 0 heterocycles. The molecule has 0 aliphatic heterocycles. The van der Waals surface area contributed by atoms with E-state index in [1.54, 1.807) is 0 Å². The molecular formula is C16H34O2. The van der Waals surface area contributed by atoms with Gasteiger partial charge in [-0.05, 0) is 19.8 Å². The van der Waals surface area contributed by atoms with E-state index in [0.29, 0.717) is 6.61 Å². The highest BCUT2D eigenvalue weighted by Gasteiger charge is 1.93. The van der Waals surface area contributed by atoms with E-state index in [4.69, 9.17) is 9.84 Å². The zero-order chi connectivity index (χ0) is 13.3. The molecule has 2 heteroatoms. The Kier molecular flexibility index (Phi) is 16.8. The molecule has 0 atom stereocenters. The number of aliphatic hydroxyl groups is 1. The van der Waals surface area contributed by atoms with Crippen LogP contribution in [-0.2, 0) is 4.74 Å². The number of aliphatic hydroxyl groups excluding tert-OH is 1. The topological polar surface area (TPSA) is 29.5 Å². The van der Waals surface area contributed by atoms with Gasteiger partial charge in [0.15, 0.2) is 0 Å². The molecule has 0 aromatic rings. The third kappa shape index (κ3) is 15.9. The smallest absolute Gasteiger partial charge is 0.0465 e. The van der Waals surface area contributed by atoms with Gasteiger partial charge in [-0.15, -0.1) is 0 Å². The lowest BCUT2D eigenvalue weighted by Crippen LogP contribution is -1.92. The van der Waals surface area contributed by atoms with Gasteiger partial charge in [0.1, 0.15) is 0 Å². The van der Waals surface area contributed by atoms with Crippen molar-refractivity contribution in [1.82, 2.24) is 0 Å². The maximum absolute atomic E-state index is 8.65. The zero-order valence-electron chi connectivity index (χ0n) is 12.5. The summed E-state index contributed by atoms with van der Waals surface area (Å²) in [6, 6.07) is 0. The lowest BCUT2D eigenvalue weighted by atomic mass is 10.1. The predicted octanol–water partition coefficient (Wildman–Crippen LogP) is 4.70. The van der Waals surface area contributed by atoms with Crippen molar-refractivity contribution in [2.24, 2.45) is 0 Å². The van der Waals surface area contributed by atoms with Crippen molar-refractivity contribution in [3.05, 3.63) is 0 Å². The SMILES string of the molecule is CCOCCCCCCCCCCCCCCO. The van der Waals surface area contributed by atoms with Gasteiger partial charge in [-0.1, -0.05) is 64.2 Å². The summed E-state index contributed by atoms with van der Waals surface area (Å²) in [6.07, 6.45) is 15.8. The fraction of sp³-hybridized carbons (Fsp3) is 1.00. The number of ether oxygens (including phenoxy) is 1. The van der Waals surface area contributed by atoms with Crippen LogP contribution in [0.5, 0.6) is 0 Å². The quantitative estimate of drug-likeness (QED) is 0.432. The van der Waals surface area contributed by atoms with Gasteiger partial charge in [0.25, 0.3) is 0 Å². The van der Waals surface area contributed by atoms with Gasteiger partial charge < -0.3 is 9.84 Å². The molecule has 0 amide bonds. The lowest BCUT2D eigenvalue weighted by molar-refractivity contribution is 0.143. The van der Waals surface area contributed by atoms with Gasteiger partial charge in [0, 0.05) is 19.8 Å². The molecule has 0 fully saturated rings. The first-order valence-corrected chi connectivity index (χ1v) is 8.10. The van der Waals surface area contributed by atoms with E-state index >= 15 is 0 Å². The molecule has 2 nitrogen and oxygen atoms in total. The van der Waals surface area contributed by atoms with Crippen LogP contribution in [0.4, 0.5) is 0 Å². The Morgan fingerprint density at radius 1 is 0.611 bits per heavy atom. The molecule has 0 saturated heterocycles. The summed E-state index contributed by atoms with van der Waals surface area (Å²) in [5.74, 6) is 0. The van der Waals surface area contributed by atoms with Crippen molar-refractivity contribution < 1.29 is 9.84 Å². The Balaban J connectivity index is 2.86. The van der Waals surface area contributed by atoms with Crippen molar-refractivity contribution >= 4 is 0 Å². The molecule has 1 N–H and O–H groups in total. The minimum atomic E-state index is 0.364. The maximum Gasteiger partial charge on any atom is 0.0465 e. The molecule has 0 bridgehead atoms. The highest BCUT2D eigenvalue weighted by atomic mass is 16.5. The summed E-state index contributed by atoms with van der Waals surface area (Å²) < 4.78 is 5.32. The van der Waals surface area contributed by atoms with E-state index in [2.05, 4.69) is 6.92 Å². The van der Waals surface area contributed by atoms with Gasteiger partial charge in [-0.2, -0.15) is 0 Å². The minimum Gasteiger partial charge on any atom is -0.396 e. The van der Waals surface area contributed by atoms with Crippen molar-refractivity contribution in [3.8, 4) is 0 Å². The largest absolute Gasteiger partial charge is 0.396 e. The van der Waals surface area contributed by atoms with Crippen molar-refractivity contribution in [1.29, 1.82) is 0 Å². The molecule has 0 unspecified atom stereocenters. The summed E-state index contributed by atoms with van der Waals surface area (Å²) >= 11 is 0. The van der Waals surface area contributed by atoms with Crippen LogP contribution in [0, 0.1) is 0 Å². The first kappa shape index (κ1) is 17.9. The van der Waals surface area contributed by atoms with Crippen LogP contribution in [-0.4, -0.2) is 24.9 Å². The van der Waals surface area contributed by atoms with Crippen molar-refractivity contribution in [2.45, 2.75) is 84.0 Å². The van der Waals surface area contributed by atoms with Crippen molar-refractivity contribution in [3.63, 3.8) is 0 Å². The molecule has 0 aromatic carbocycles. The first-order chi connectivity index (χ1) is 8.91. The molecule has 0 saturated carbocycles. The normalized spacial score (nSPS) is 11.0. The highest BCUT2D eigenvalue weighted by Crippen LogP contribution is 2.11. The average molecular weight is 258 g/mol. The van der Waals surface area contributed by atoms with E-state index in [1.165, 1.54) is 70.6 Å². The number of hydrogen-bond donors (Lipinski definition) is 1. The lowest BCUT2D eigenvalue weighted by Gasteiger charge is -2.03. The van der Waals surface area contributed by atoms with Gasteiger partial charge in [0.2, 0.25) is 0 Å². The van der Waals surface area contributed by atoms with E-state index in [-0.39, 0.29) is 0 Å². The summed E-state index contributed by atoms with van der Waals surface area (Å²) in [5, 5.41) is 8.65. The molecule has 0 aromatic heterocycles. The second-order valence-corrected chi connectivity index (χ2v) is 5.16. The number of hydrogen-bond acceptors (Lipinski definition) is 2. The van der Waals surface area contributed by atoms with E-state index in [0.717, 1.165) is 19.6 Å². The minimum absolute atomic E-state index is 0.364. The van der Waals surface area contributed by atoms with Crippen LogP contribution in [0.15, 0.2) is 0 Å². The third-order valence-corrected chi connectivity index (χ3v) is 3.40. The maximum atomic E-state index is 8.65. The summed E-state index contributed by atoms with van der Waals surface area (Å²) in [4.78, 5) is 0. The molecule has 0 spiro atoms. The molecule has 0 aliphatic carbocycles. The van der Waals surface area contributed by atoms with Crippen LogP contribution in [0.3, 0.4) is 0 Å².